The predicted octanol–water partition coefficient (Wildman–Crippen LogP) is 0.407. The summed E-state index contributed by atoms with van der Waals surface area (Å²) in [4.78, 5) is 9.33. The van der Waals surface area contributed by atoms with Crippen molar-refractivity contribution in [3.63, 3.8) is 0 Å². The molecule has 5 heavy (non-hydrogen) atoms. The zero-order valence-electron chi connectivity index (χ0n) is 2.95. The summed E-state index contributed by atoms with van der Waals surface area (Å²) in [5.74, 6) is -0.0833. The first-order chi connectivity index (χ1) is 1.73. The van der Waals surface area contributed by atoms with E-state index in [1.165, 1.54) is 6.92 Å². The van der Waals surface area contributed by atoms with Crippen LogP contribution in [0.15, 0.2) is 0 Å². The summed E-state index contributed by atoms with van der Waals surface area (Å²) in [5, 5.41) is 0. The molecular formula is C3H5ORh-. The fourth-order valence-electron chi connectivity index (χ4n) is 0. The van der Waals surface area contributed by atoms with Crippen molar-refractivity contribution in [1.82, 2.24) is 0 Å². The molecule has 0 aromatic heterocycles. The summed E-state index contributed by atoms with van der Waals surface area (Å²) in [7, 11) is 0. The third-order valence-corrected chi connectivity index (χ3v) is 0. The van der Waals surface area contributed by atoms with E-state index in [-0.39, 0.29) is 25.3 Å². The molecule has 33 valence electrons. The number of Topliss-reactive ketones (excluding diaryl/α,β-unsaturated/α-hetero) is 1. The largest absolute Gasteiger partial charge is 0.340 e. The minimum Gasteiger partial charge on any atom is -0.340 e. The first kappa shape index (κ1) is 8.94. The van der Waals surface area contributed by atoms with Gasteiger partial charge in [0.15, 0.2) is 0 Å². The molecule has 0 heterocycles. The molecule has 1 nitrogen and oxygen atoms in total. The monoisotopic (exact) mass is 160 g/mol. The zero-order valence-corrected chi connectivity index (χ0v) is 4.59. The first-order valence-corrected chi connectivity index (χ1v) is 1.06. The van der Waals surface area contributed by atoms with Gasteiger partial charge < -0.3 is 11.7 Å². The zero-order chi connectivity index (χ0) is 3.58. The van der Waals surface area contributed by atoms with Crippen molar-refractivity contribution in [3.8, 4) is 0 Å². The van der Waals surface area contributed by atoms with Crippen molar-refractivity contribution in [2.75, 3.05) is 0 Å². The average molecular weight is 160 g/mol. The van der Waals surface area contributed by atoms with E-state index >= 15 is 0 Å². The summed E-state index contributed by atoms with van der Waals surface area (Å²) in [6, 6.07) is 0. The van der Waals surface area contributed by atoms with E-state index < -0.39 is 0 Å². The van der Waals surface area contributed by atoms with Gasteiger partial charge in [0.2, 0.25) is 0 Å². The Morgan fingerprint density at radius 3 is 1.80 bits per heavy atom. The number of rotatable bonds is 0. The second-order valence-corrected chi connectivity index (χ2v) is 0.702. The summed E-state index contributed by atoms with van der Waals surface area (Å²) < 4.78 is 0. The molecule has 0 unspecified atom stereocenters. The van der Waals surface area contributed by atoms with Gasteiger partial charge in [-0.05, 0) is 12.7 Å². The standard InChI is InChI=1S/C3H5O.Rh/c1-3(2)4;/h1H2,2H3;/q-1;. The summed E-state index contributed by atoms with van der Waals surface area (Å²) in [6.45, 7) is 4.42. The summed E-state index contributed by atoms with van der Waals surface area (Å²) in [6.07, 6.45) is 0. The number of hydrogen-bond acceptors (Lipinski definition) is 1. The molecule has 0 atom stereocenters. The predicted molar refractivity (Wildman–Crippen MR) is 16.0 cm³/mol. The minimum absolute atomic E-state index is 0. The Kier molecular flexibility index (Phi) is 7.45. The number of hydrogen-bond donors (Lipinski definition) is 0. The summed E-state index contributed by atoms with van der Waals surface area (Å²) >= 11 is 0. The van der Waals surface area contributed by atoms with Gasteiger partial charge in [-0.25, -0.2) is 0 Å². The van der Waals surface area contributed by atoms with Crippen molar-refractivity contribution >= 4 is 5.78 Å². The van der Waals surface area contributed by atoms with Crippen LogP contribution in [-0.2, 0) is 24.3 Å². The van der Waals surface area contributed by atoms with Crippen LogP contribution in [0.2, 0.25) is 0 Å². The van der Waals surface area contributed by atoms with Crippen molar-refractivity contribution in [1.29, 1.82) is 0 Å². The molecule has 0 saturated heterocycles. The molecule has 0 aliphatic rings. The van der Waals surface area contributed by atoms with E-state index in [4.69, 9.17) is 0 Å². The van der Waals surface area contributed by atoms with Gasteiger partial charge in [-0.1, -0.05) is 0 Å². The van der Waals surface area contributed by atoms with E-state index in [0.717, 1.165) is 0 Å². The van der Waals surface area contributed by atoms with Crippen LogP contribution >= 0.6 is 0 Å². The van der Waals surface area contributed by atoms with Crippen LogP contribution in [0.3, 0.4) is 0 Å². The van der Waals surface area contributed by atoms with E-state index in [1.807, 2.05) is 0 Å². The van der Waals surface area contributed by atoms with E-state index in [1.54, 1.807) is 0 Å². The van der Waals surface area contributed by atoms with Crippen LogP contribution in [-0.4, -0.2) is 5.78 Å². The maximum atomic E-state index is 9.33. The Bertz CT molecular complexity index is 29.9. The fraction of sp³-hybridized carbons (Fsp3) is 0.333. The second-order valence-electron chi connectivity index (χ2n) is 0.702. The molecule has 0 saturated carbocycles. The van der Waals surface area contributed by atoms with Crippen LogP contribution in [0.4, 0.5) is 0 Å². The Morgan fingerprint density at radius 1 is 1.80 bits per heavy atom. The third-order valence-electron chi connectivity index (χ3n) is 0. The van der Waals surface area contributed by atoms with Crippen LogP contribution in [0.5, 0.6) is 0 Å². The molecule has 0 bridgehead atoms. The molecule has 2 heteroatoms. The molecule has 0 aromatic carbocycles. The molecule has 0 aliphatic carbocycles. The molecule has 0 spiro atoms. The SMILES string of the molecule is [CH2-]C(C)=O.[Rh]. The van der Waals surface area contributed by atoms with E-state index in [9.17, 15) is 4.79 Å². The van der Waals surface area contributed by atoms with Crippen LogP contribution in [0, 0.1) is 6.92 Å². The molecular weight excluding hydrogens is 155 g/mol. The van der Waals surface area contributed by atoms with Gasteiger partial charge in [0, 0.05) is 19.5 Å². The van der Waals surface area contributed by atoms with Gasteiger partial charge in [-0.15, -0.1) is 0 Å². The van der Waals surface area contributed by atoms with Crippen molar-refractivity contribution in [2.45, 2.75) is 6.92 Å². The quantitative estimate of drug-likeness (QED) is 0.370. The van der Waals surface area contributed by atoms with Crippen LogP contribution in [0.25, 0.3) is 0 Å². The fourth-order valence-corrected chi connectivity index (χ4v) is 0. The first-order valence-electron chi connectivity index (χ1n) is 1.06. The molecule has 0 N–H and O–H groups in total. The van der Waals surface area contributed by atoms with Gasteiger partial charge in [0.05, 0.1) is 0 Å². The Hall–Kier alpha value is 0.163. The number of carbonyl (C=O) groups is 1. The van der Waals surface area contributed by atoms with Gasteiger partial charge in [0.25, 0.3) is 0 Å². The maximum Gasteiger partial charge on any atom is 0 e. The molecule has 0 aliphatic heterocycles. The van der Waals surface area contributed by atoms with E-state index in [2.05, 4.69) is 6.92 Å². The topological polar surface area (TPSA) is 17.1 Å². The van der Waals surface area contributed by atoms with Gasteiger partial charge in [0.1, 0.15) is 0 Å². The average Bonchev–Trinajstić information content (AvgIpc) is 0.811. The van der Waals surface area contributed by atoms with E-state index in [0.29, 0.717) is 0 Å². The number of ketones is 1. The Labute approximate surface area is 44.5 Å². The third kappa shape index (κ3) is 730. The van der Waals surface area contributed by atoms with Gasteiger partial charge in [-0.3, -0.25) is 0 Å². The Morgan fingerprint density at radius 2 is 1.80 bits per heavy atom. The molecule has 0 aromatic rings. The molecule has 0 fully saturated rings. The number of carbonyl (C=O) groups excluding carboxylic acids is 1. The molecule has 0 rings (SSSR count). The van der Waals surface area contributed by atoms with Crippen LogP contribution in [0.1, 0.15) is 6.92 Å². The second kappa shape index (κ2) is 4.16. The van der Waals surface area contributed by atoms with Crippen LogP contribution < -0.4 is 0 Å². The maximum absolute atomic E-state index is 9.33. The van der Waals surface area contributed by atoms with Crippen molar-refractivity contribution in [2.24, 2.45) is 0 Å². The summed E-state index contributed by atoms with van der Waals surface area (Å²) in [5.41, 5.74) is 0. The van der Waals surface area contributed by atoms with Crippen molar-refractivity contribution < 1.29 is 24.3 Å². The minimum atomic E-state index is -0.0833. The Balaban J connectivity index is 0. The molecule has 1 radical (unpaired) electrons. The van der Waals surface area contributed by atoms with Crippen molar-refractivity contribution in [3.05, 3.63) is 6.92 Å². The van der Waals surface area contributed by atoms with Gasteiger partial charge in [-0.2, -0.15) is 0 Å². The smallest absolute Gasteiger partial charge is 0 e. The van der Waals surface area contributed by atoms with Gasteiger partial charge >= 0.3 is 0 Å². The normalized spacial score (nSPS) is 5.00. The molecule has 0 amide bonds.